The van der Waals surface area contributed by atoms with E-state index in [2.05, 4.69) is 13.8 Å². The van der Waals surface area contributed by atoms with Crippen molar-refractivity contribution in [2.75, 3.05) is 27.4 Å². The molecule has 1 rings (SSSR count). The van der Waals surface area contributed by atoms with Crippen LogP contribution in [0.25, 0.3) is 0 Å². The summed E-state index contributed by atoms with van der Waals surface area (Å²) in [5, 5.41) is 10.4. The molecule has 1 aliphatic carbocycles. The largest absolute Gasteiger partial charge is 0.392 e. The summed E-state index contributed by atoms with van der Waals surface area (Å²) in [6.07, 6.45) is 2.99. The Morgan fingerprint density at radius 1 is 1.31 bits per heavy atom. The highest BCUT2D eigenvalue weighted by Crippen LogP contribution is 2.43. The van der Waals surface area contributed by atoms with Gasteiger partial charge in [-0.2, -0.15) is 0 Å². The lowest BCUT2D eigenvalue weighted by Crippen LogP contribution is -2.48. The van der Waals surface area contributed by atoms with Crippen molar-refractivity contribution in [2.45, 2.75) is 39.2 Å². The Morgan fingerprint density at radius 3 is 2.50 bits per heavy atom. The second kappa shape index (κ2) is 5.99. The Hall–Kier alpha value is -0.120. The number of rotatable bonds is 5. The molecule has 0 amide bonds. The first-order valence-corrected chi connectivity index (χ1v) is 6.23. The van der Waals surface area contributed by atoms with E-state index in [-0.39, 0.29) is 17.4 Å². The predicted octanol–water partition coefficient (Wildman–Crippen LogP) is 2.08. The Kier molecular flexibility index (Phi) is 5.22. The molecule has 0 aromatic carbocycles. The molecule has 0 bridgehead atoms. The molecule has 0 radical (unpaired) electrons. The first-order valence-electron chi connectivity index (χ1n) is 6.23. The topological polar surface area (TPSA) is 38.7 Å². The number of aliphatic hydroxyl groups is 1. The normalized spacial score (nSPS) is 39.9. The molecule has 96 valence electrons. The van der Waals surface area contributed by atoms with Gasteiger partial charge in [-0.25, -0.2) is 0 Å². The van der Waals surface area contributed by atoms with Crippen molar-refractivity contribution in [2.24, 2.45) is 17.3 Å². The second-order valence-electron chi connectivity index (χ2n) is 5.46. The monoisotopic (exact) mass is 230 g/mol. The van der Waals surface area contributed by atoms with Crippen LogP contribution in [0.15, 0.2) is 0 Å². The summed E-state index contributed by atoms with van der Waals surface area (Å²) in [6, 6.07) is 0. The lowest BCUT2D eigenvalue weighted by Gasteiger charge is -2.46. The van der Waals surface area contributed by atoms with Crippen LogP contribution in [0.5, 0.6) is 0 Å². The average molecular weight is 230 g/mol. The van der Waals surface area contributed by atoms with E-state index >= 15 is 0 Å². The van der Waals surface area contributed by atoms with Crippen LogP contribution in [0.1, 0.15) is 33.1 Å². The Labute approximate surface area is 99.1 Å². The zero-order valence-electron chi connectivity index (χ0n) is 11.0. The first kappa shape index (κ1) is 13.9. The summed E-state index contributed by atoms with van der Waals surface area (Å²) in [5.41, 5.74) is -0.114. The lowest BCUT2D eigenvalue weighted by molar-refractivity contribution is -0.110. The van der Waals surface area contributed by atoms with Crippen molar-refractivity contribution < 1.29 is 14.6 Å². The van der Waals surface area contributed by atoms with Crippen LogP contribution in [0.3, 0.4) is 0 Å². The maximum Gasteiger partial charge on any atom is 0.0666 e. The fraction of sp³-hybridized carbons (Fsp3) is 1.00. The Bertz CT molecular complexity index is 207. The van der Waals surface area contributed by atoms with Crippen molar-refractivity contribution in [3.63, 3.8) is 0 Å². The van der Waals surface area contributed by atoms with Gasteiger partial charge in [0.05, 0.1) is 19.3 Å². The molecule has 1 aliphatic rings. The smallest absolute Gasteiger partial charge is 0.0666 e. The molecule has 4 atom stereocenters. The average Bonchev–Trinajstić information content (AvgIpc) is 2.25. The van der Waals surface area contributed by atoms with E-state index in [1.807, 2.05) is 0 Å². The summed E-state index contributed by atoms with van der Waals surface area (Å²) in [4.78, 5) is 0. The molecule has 0 aromatic rings. The van der Waals surface area contributed by atoms with Gasteiger partial charge in [0.25, 0.3) is 0 Å². The van der Waals surface area contributed by atoms with Crippen LogP contribution in [0.2, 0.25) is 0 Å². The van der Waals surface area contributed by atoms with E-state index in [9.17, 15) is 5.11 Å². The summed E-state index contributed by atoms with van der Waals surface area (Å²) >= 11 is 0. The summed E-state index contributed by atoms with van der Waals surface area (Å²) in [7, 11) is 3.41. The summed E-state index contributed by atoms with van der Waals surface area (Å²) in [6.45, 7) is 5.63. The molecule has 0 aromatic heterocycles. The van der Waals surface area contributed by atoms with Gasteiger partial charge in [0.2, 0.25) is 0 Å². The maximum absolute atomic E-state index is 10.4. The molecular weight excluding hydrogens is 204 g/mol. The highest BCUT2D eigenvalue weighted by atomic mass is 16.5. The zero-order chi connectivity index (χ0) is 12.2. The zero-order valence-corrected chi connectivity index (χ0v) is 11.0. The van der Waals surface area contributed by atoms with Crippen molar-refractivity contribution in [3.05, 3.63) is 0 Å². The molecule has 0 saturated heterocycles. The fourth-order valence-corrected chi connectivity index (χ4v) is 3.15. The van der Waals surface area contributed by atoms with Gasteiger partial charge in [0.15, 0.2) is 0 Å². The third kappa shape index (κ3) is 2.96. The number of methoxy groups -OCH3 is 2. The van der Waals surface area contributed by atoms with Crippen LogP contribution in [-0.2, 0) is 9.47 Å². The SMILES string of the molecule is CCC1CC(COC)C(O)C(C)(COC)C1. The molecule has 0 spiro atoms. The third-order valence-electron chi connectivity index (χ3n) is 3.98. The Morgan fingerprint density at radius 2 is 2.00 bits per heavy atom. The van der Waals surface area contributed by atoms with Gasteiger partial charge in [-0.3, -0.25) is 0 Å². The van der Waals surface area contributed by atoms with Gasteiger partial charge in [0.1, 0.15) is 0 Å². The fourth-order valence-electron chi connectivity index (χ4n) is 3.15. The molecule has 1 N–H and O–H groups in total. The van der Waals surface area contributed by atoms with Gasteiger partial charge in [-0.05, 0) is 18.8 Å². The highest BCUT2D eigenvalue weighted by molar-refractivity contribution is 4.94. The summed E-state index contributed by atoms with van der Waals surface area (Å²) < 4.78 is 10.5. The number of hydrogen-bond donors (Lipinski definition) is 1. The van der Waals surface area contributed by atoms with Crippen molar-refractivity contribution in [1.29, 1.82) is 0 Å². The highest BCUT2D eigenvalue weighted by Gasteiger charge is 2.44. The van der Waals surface area contributed by atoms with Crippen LogP contribution in [-0.4, -0.2) is 38.6 Å². The van der Waals surface area contributed by atoms with Crippen LogP contribution in [0, 0.1) is 17.3 Å². The molecule has 3 heteroatoms. The van der Waals surface area contributed by atoms with Crippen molar-refractivity contribution in [3.8, 4) is 0 Å². The summed E-state index contributed by atoms with van der Waals surface area (Å²) in [5.74, 6) is 0.938. The molecule has 16 heavy (non-hydrogen) atoms. The van der Waals surface area contributed by atoms with Gasteiger partial charge in [-0.15, -0.1) is 0 Å². The predicted molar refractivity (Wildman–Crippen MR) is 64.4 cm³/mol. The van der Waals surface area contributed by atoms with Crippen molar-refractivity contribution in [1.82, 2.24) is 0 Å². The molecular formula is C13H26O3. The van der Waals surface area contributed by atoms with E-state index in [0.717, 1.165) is 12.8 Å². The van der Waals surface area contributed by atoms with Gasteiger partial charge in [0, 0.05) is 25.6 Å². The maximum atomic E-state index is 10.4. The molecule has 1 saturated carbocycles. The molecule has 0 heterocycles. The first-order chi connectivity index (χ1) is 7.57. The lowest BCUT2D eigenvalue weighted by atomic mass is 9.64. The minimum absolute atomic E-state index is 0.114. The number of aliphatic hydroxyl groups excluding tert-OH is 1. The van der Waals surface area contributed by atoms with Crippen LogP contribution in [0.4, 0.5) is 0 Å². The van der Waals surface area contributed by atoms with E-state index in [1.54, 1.807) is 14.2 Å². The second-order valence-corrected chi connectivity index (χ2v) is 5.46. The van der Waals surface area contributed by atoms with Crippen molar-refractivity contribution >= 4 is 0 Å². The van der Waals surface area contributed by atoms with Gasteiger partial charge >= 0.3 is 0 Å². The van der Waals surface area contributed by atoms with E-state index in [0.29, 0.717) is 19.1 Å². The standard InChI is InChI=1S/C13H26O3/c1-5-10-6-11(8-15-3)12(14)13(2,7-10)9-16-4/h10-12,14H,5-9H2,1-4H3. The molecule has 1 fully saturated rings. The number of hydrogen-bond acceptors (Lipinski definition) is 3. The van der Waals surface area contributed by atoms with Gasteiger partial charge in [-0.1, -0.05) is 20.3 Å². The third-order valence-corrected chi connectivity index (χ3v) is 3.98. The minimum Gasteiger partial charge on any atom is -0.392 e. The van der Waals surface area contributed by atoms with Crippen LogP contribution < -0.4 is 0 Å². The van der Waals surface area contributed by atoms with Crippen LogP contribution >= 0.6 is 0 Å². The van der Waals surface area contributed by atoms with E-state index in [4.69, 9.17) is 9.47 Å². The quantitative estimate of drug-likeness (QED) is 0.786. The van der Waals surface area contributed by atoms with Gasteiger partial charge < -0.3 is 14.6 Å². The minimum atomic E-state index is -0.310. The van der Waals surface area contributed by atoms with E-state index in [1.165, 1.54) is 6.42 Å². The Balaban J connectivity index is 2.74. The molecule has 3 nitrogen and oxygen atoms in total. The molecule has 0 aliphatic heterocycles. The van der Waals surface area contributed by atoms with E-state index < -0.39 is 0 Å². The number of ether oxygens (including phenoxy) is 2. The molecule has 4 unspecified atom stereocenters.